The van der Waals surface area contributed by atoms with Gasteiger partial charge in [-0.3, -0.25) is 4.72 Å². The molecule has 8 heteroatoms. The first kappa shape index (κ1) is 19.3. The van der Waals surface area contributed by atoms with Crippen molar-refractivity contribution in [3.63, 3.8) is 0 Å². The van der Waals surface area contributed by atoms with Crippen LogP contribution in [0.4, 0.5) is 5.82 Å². The van der Waals surface area contributed by atoms with Gasteiger partial charge >= 0.3 is 0 Å². The van der Waals surface area contributed by atoms with Gasteiger partial charge in [0.15, 0.2) is 0 Å². The topological polar surface area (TPSA) is 81.2 Å². The van der Waals surface area contributed by atoms with Gasteiger partial charge in [0, 0.05) is 0 Å². The summed E-state index contributed by atoms with van der Waals surface area (Å²) in [7, 11) is -3.80. The molecule has 27 heavy (non-hydrogen) atoms. The summed E-state index contributed by atoms with van der Waals surface area (Å²) in [6.07, 6.45) is 2.25. The summed E-state index contributed by atoms with van der Waals surface area (Å²) in [6.45, 7) is 2.25. The smallest absolute Gasteiger partial charge is 0.263 e. The summed E-state index contributed by atoms with van der Waals surface area (Å²) in [5, 5.41) is 0. The molecular formula is C19H18BrN3O3S. The molecule has 0 amide bonds. The minimum Gasteiger partial charge on any atom is -0.470 e. The van der Waals surface area contributed by atoms with Gasteiger partial charge in [0.1, 0.15) is 11.2 Å². The van der Waals surface area contributed by atoms with Crippen LogP contribution in [0, 0.1) is 0 Å². The maximum atomic E-state index is 12.7. The Kier molecular flexibility index (Phi) is 6.08. The first-order chi connectivity index (χ1) is 13.0. The monoisotopic (exact) mass is 447 g/mol. The van der Waals surface area contributed by atoms with E-state index in [0.29, 0.717) is 4.60 Å². The third-order valence-corrected chi connectivity index (χ3v) is 5.54. The summed E-state index contributed by atoms with van der Waals surface area (Å²) in [4.78, 5) is 8.46. The standard InChI is InChI=1S/C19H18BrN3O3S/c1-2-14-8-10-16(11-9-14)27(24,25)23-18-19(22-17(20)12-21-18)26-13-15-6-4-3-5-7-15/h3-12H,2,13H2,1H3,(H,21,23). The molecule has 1 heterocycles. The van der Waals surface area contributed by atoms with Gasteiger partial charge < -0.3 is 4.74 Å². The Labute approximate surface area is 166 Å². The Hall–Kier alpha value is -2.45. The largest absolute Gasteiger partial charge is 0.470 e. The molecule has 0 bridgehead atoms. The van der Waals surface area contributed by atoms with Crippen LogP contribution in [0.5, 0.6) is 5.88 Å². The molecule has 1 aromatic heterocycles. The molecule has 2 aromatic carbocycles. The molecule has 0 saturated carbocycles. The van der Waals surface area contributed by atoms with Crippen LogP contribution in [0.25, 0.3) is 0 Å². The van der Waals surface area contributed by atoms with Gasteiger partial charge in [-0.2, -0.15) is 0 Å². The van der Waals surface area contributed by atoms with Crippen molar-refractivity contribution < 1.29 is 13.2 Å². The van der Waals surface area contributed by atoms with Crippen molar-refractivity contribution in [2.45, 2.75) is 24.8 Å². The molecule has 3 aromatic rings. The Bertz CT molecular complexity index is 1010. The highest BCUT2D eigenvalue weighted by Gasteiger charge is 2.19. The van der Waals surface area contributed by atoms with Crippen LogP contribution in [-0.2, 0) is 23.1 Å². The quantitative estimate of drug-likeness (QED) is 0.587. The van der Waals surface area contributed by atoms with Gasteiger partial charge in [-0.15, -0.1) is 0 Å². The van der Waals surface area contributed by atoms with Crippen molar-refractivity contribution >= 4 is 31.8 Å². The number of hydrogen-bond acceptors (Lipinski definition) is 5. The summed E-state index contributed by atoms with van der Waals surface area (Å²) in [5.41, 5.74) is 1.99. The summed E-state index contributed by atoms with van der Waals surface area (Å²) in [6, 6.07) is 16.2. The van der Waals surface area contributed by atoms with E-state index in [-0.39, 0.29) is 23.2 Å². The molecule has 1 N–H and O–H groups in total. The number of sulfonamides is 1. The van der Waals surface area contributed by atoms with Crippen molar-refractivity contribution in [2.24, 2.45) is 0 Å². The molecule has 140 valence electrons. The molecule has 0 radical (unpaired) electrons. The van der Waals surface area contributed by atoms with Crippen LogP contribution in [0.15, 0.2) is 70.3 Å². The van der Waals surface area contributed by atoms with Crippen molar-refractivity contribution in [2.75, 3.05) is 4.72 Å². The third-order valence-electron chi connectivity index (χ3n) is 3.80. The van der Waals surface area contributed by atoms with Gasteiger partial charge in [-0.1, -0.05) is 49.4 Å². The van der Waals surface area contributed by atoms with Crippen LogP contribution < -0.4 is 9.46 Å². The highest BCUT2D eigenvalue weighted by Crippen LogP contribution is 2.25. The number of halogens is 1. The molecule has 0 spiro atoms. The highest BCUT2D eigenvalue weighted by atomic mass is 79.9. The van der Waals surface area contributed by atoms with E-state index in [1.807, 2.05) is 37.3 Å². The number of nitrogens with one attached hydrogen (secondary N) is 1. The highest BCUT2D eigenvalue weighted by molar-refractivity contribution is 9.10. The first-order valence-corrected chi connectivity index (χ1v) is 10.6. The van der Waals surface area contributed by atoms with Gasteiger partial charge in [-0.05, 0) is 45.6 Å². The lowest BCUT2D eigenvalue weighted by Crippen LogP contribution is -2.15. The number of aromatic nitrogens is 2. The average molecular weight is 448 g/mol. The molecule has 0 aliphatic carbocycles. The van der Waals surface area contributed by atoms with Gasteiger partial charge in [0.2, 0.25) is 5.82 Å². The number of aryl methyl sites for hydroxylation is 1. The SMILES string of the molecule is CCc1ccc(S(=O)(=O)Nc2ncc(Br)nc2OCc2ccccc2)cc1. The second-order valence-electron chi connectivity index (χ2n) is 5.72. The zero-order valence-electron chi connectivity index (χ0n) is 14.6. The van der Waals surface area contributed by atoms with Crippen molar-refractivity contribution in [3.8, 4) is 5.88 Å². The zero-order valence-corrected chi connectivity index (χ0v) is 17.0. The van der Waals surface area contributed by atoms with Gasteiger partial charge in [0.05, 0.1) is 11.1 Å². The van der Waals surface area contributed by atoms with Crippen molar-refractivity contribution in [1.82, 2.24) is 9.97 Å². The Morgan fingerprint density at radius 1 is 1.04 bits per heavy atom. The number of rotatable bonds is 7. The Morgan fingerprint density at radius 2 is 1.74 bits per heavy atom. The van der Waals surface area contributed by atoms with E-state index in [2.05, 4.69) is 30.6 Å². The first-order valence-electron chi connectivity index (χ1n) is 8.29. The Balaban J connectivity index is 1.83. The molecule has 6 nitrogen and oxygen atoms in total. The van der Waals surface area contributed by atoms with E-state index in [1.54, 1.807) is 24.3 Å². The minimum absolute atomic E-state index is 0.0358. The zero-order chi connectivity index (χ0) is 19.3. The number of nitrogens with zero attached hydrogens (tertiary/aromatic N) is 2. The van der Waals surface area contributed by atoms with E-state index in [1.165, 1.54) is 6.20 Å². The van der Waals surface area contributed by atoms with Crippen LogP contribution in [0.2, 0.25) is 0 Å². The van der Waals surface area contributed by atoms with Crippen molar-refractivity contribution in [1.29, 1.82) is 0 Å². The molecular weight excluding hydrogens is 430 g/mol. The predicted molar refractivity (Wildman–Crippen MR) is 107 cm³/mol. The van der Waals surface area contributed by atoms with Crippen LogP contribution in [-0.4, -0.2) is 18.4 Å². The molecule has 0 saturated heterocycles. The number of ether oxygens (including phenoxy) is 1. The fourth-order valence-corrected chi connectivity index (χ4v) is 3.61. The Morgan fingerprint density at radius 3 is 2.41 bits per heavy atom. The lowest BCUT2D eigenvalue weighted by Gasteiger charge is -2.12. The fourth-order valence-electron chi connectivity index (χ4n) is 2.34. The van der Waals surface area contributed by atoms with E-state index in [4.69, 9.17) is 4.74 Å². The second-order valence-corrected chi connectivity index (χ2v) is 8.22. The molecule has 0 unspecified atom stereocenters. The third kappa shape index (κ3) is 5.05. The predicted octanol–water partition coefficient (Wildman–Crippen LogP) is 4.18. The molecule has 3 rings (SSSR count). The van der Waals surface area contributed by atoms with E-state index < -0.39 is 10.0 Å². The molecule has 0 atom stereocenters. The molecule has 0 aliphatic heterocycles. The van der Waals surface area contributed by atoms with E-state index in [0.717, 1.165) is 17.5 Å². The number of benzene rings is 2. The minimum atomic E-state index is -3.80. The van der Waals surface area contributed by atoms with Crippen LogP contribution >= 0.6 is 15.9 Å². The maximum absolute atomic E-state index is 12.7. The molecule has 0 aliphatic rings. The summed E-state index contributed by atoms with van der Waals surface area (Å²) >= 11 is 3.23. The van der Waals surface area contributed by atoms with Gasteiger partial charge in [-0.25, -0.2) is 18.4 Å². The van der Waals surface area contributed by atoms with Crippen molar-refractivity contribution in [3.05, 3.63) is 76.5 Å². The summed E-state index contributed by atoms with van der Waals surface area (Å²) < 4.78 is 33.9. The fraction of sp³-hybridized carbons (Fsp3) is 0.158. The van der Waals surface area contributed by atoms with Gasteiger partial charge in [0.25, 0.3) is 15.9 Å². The van der Waals surface area contributed by atoms with Crippen LogP contribution in [0.1, 0.15) is 18.1 Å². The second kappa shape index (κ2) is 8.49. The molecule has 0 fully saturated rings. The maximum Gasteiger partial charge on any atom is 0.263 e. The van der Waals surface area contributed by atoms with E-state index in [9.17, 15) is 8.42 Å². The number of hydrogen-bond donors (Lipinski definition) is 1. The normalized spacial score (nSPS) is 11.2. The van der Waals surface area contributed by atoms with E-state index >= 15 is 0 Å². The summed E-state index contributed by atoms with van der Waals surface area (Å²) in [5.74, 6) is 0.135. The number of anilines is 1. The van der Waals surface area contributed by atoms with Crippen LogP contribution in [0.3, 0.4) is 0 Å². The lowest BCUT2D eigenvalue weighted by atomic mass is 10.2. The average Bonchev–Trinajstić information content (AvgIpc) is 2.69. The lowest BCUT2D eigenvalue weighted by molar-refractivity contribution is 0.294.